The fourth-order valence-electron chi connectivity index (χ4n) is 1.66. The van der Waals surface area contributed by atoms with Gasteiger partial charge < -0.3 is 0 Å². The van der Waals surface area contributed by atoms with Crippen LogP contribution in [0.2, 0.25) is 0 Å². The first kappa shape index (κ1) is 7.53. The second-order valence-electron chi connectivity index (χ2n) is 4.34. The molecule has 2 aliphatic rings. The lowest BCUT2D eigenvalue weighted by Gasteiger charge is -2.20. The van der Waals surface area contributed by atoms with Gasteiger partial charge in [-0.05, 0) is 17.1 Å². The molecule has 0 radical (unpaired) electrons. The van der Waals surface area contributed by atoms with Gasteiger partial charge >= 0.3 is 0 Å². The molecule has 0 aromatic carbocycles. The van der Waals surface area contributed by atoms with E-state index in [1.165, 1.54) is 5.57 Å². The van der Waals surface area contributed by atoms with Gasteiger partial charge in [-0.15, -0.1) is 0 Å². The second-order valence-corrected chi connectivity index (χ2v) is 4.34. The Hall–Kier alpha value is -1.11. The quantitative estimate of drug-likeness (QED) is 0.532. The van der Waals surface area contributed by atoms with Crippen molar-refractivity contribution in [2.24, 2.45) is 5.41 Å². The minimum atomic E-state index is 0.0947. The van der Waals surface area contributed by atoms with E-state index in [0.717, 1.165) is 11.1 Å². The predicted octanol–water partition coefficient (Wildman–Crippen LogP) is 2.41. The lowest BCUT2D eigenvalue weighted by Crippen LogP contribution is -2.09. The molecule has 12 heavy (non-hydrogen) atoms. The predicted molar refractivity (Wildman–Crippen MR) is 48.7 cm³/mol. The molecule has 0 aromatic heterocycles. The van der Waals surface area contributed by atoms with E-state index >= 15 is 0 Å². The number of rotatable bonds is 0. The number of carbonyl (C=O) groups is 1. The van der Waals surface area contributed by atoms with Gasteiger partial charge in [0.1, 0.15) is 0 Å². The van der Waals surface area contributed by atoms with E-state index in [-0.39, 0.29) is 11.2 Å². The summed E-state index contributed by atoms with van der Waals surface area (Å²) in [6.45, 7) is 6.40. The normalized spacial score (nSPS) is 20.9. The molecule has 2 aliphatic carbocycles. The Kier molecular flexibility index (Phi) is 1.24. The summed E-state index contributed by atoms with van der Waals surface area (Å²) in [6, 6.07) is 0. The highest BCUT2D eigenvalue weighted by atomic mass is 16.1. The largest absolute Gasteiger partial charge is 0.289 e. The summed E-state index contributed by atoms with van der Waals surface area (Å²) in [5, 5.41) is 0. The molecule has 2 bridgehead atoms. The SMILES string of the molecule is CC(C)(C)C1=C2C=CC(=C1)C2=O. The number of Topliss-reactive ketones (excluding diaryl/α,β-unsaturated/α-hetero) is 1. The summed E-state index contributed by atoms with van der Waals surface area (Å²) >= 11 is 0. The molecule has 0 aromatic rings. The molecule has 62 valence electrons. The molecule has 2 rings (SSSR count). The molecular formula is C11H12O. The highest BCUT2D eigenvalue weighted by Gasteiger charge is 2.32. The van der Waals surface area contributed by atoms with Crippen molar-refractivity contribution in [3.8, 4) is 0 Å². The van der Waals surface area contributed by atoms with Crippen LogP contribution >= 0.6 is 0 Å². The molecule has 0 unspecified atom stereocenters. The van der Waals surface area contributed by atoms with Crippen molar-refractivity contribution in [1.29, 1.82) is 0 Å². The van der Waals surface area contributed by atoms with Gasteiger partial charge in [0, 0.05) is 11.1 Å². The maximum atomic E-state index is 11.4. The smallest absolute Gasteiger partial charge is 0.193 e. The maximum absolute atomic E-state index is 11.4. The molecule has 0 saturated heterocycles. The molecule has 0 aliphatic heterocycles. The first-order valence-electron chi connectivity index (χ1n) is 4.19. The molecule has 0 N–H and O–H groups in total. The van der Waals surface area contributed by atoms with Crippen LogP contribution in [-0.4, -0.2) is 5.78 Å². The highest BCUT2D eigenvalue weighted by Crippen LogP contribution is 2.39. The van der Waals surface area contributed by atoms with Crippen LogP contribution in [0.5, 0.6) is 0 Å². The van der Waals surface area contributed by atoms with Crippen molar-refractivity contribution < 1.29 is 4.79 Å². The first-order valence-corrected chi connectivity index (χ1v) is 4.19. The molecule has 0 amide bonds. The van der Waals surface area contributed by atoms with Crippen molar-refractivity contribution in [2.75, 3.05) is 0 Å². The third-order valence-corrected chi connectivity index (χ3v) is 2.33. The molecule has 0 heterocycles. The van der Waals surface area contributed by atoms with Crippen LogP contribution in [0.25, 0.3) is 0 Å². The van der Waals surface area contributed by atoms with Crippen LogP contribution in [0, 0.1) is 5.41 Å². The minimum absolute atomic E-state index is 0.0947. The van der Waals surface area contributed by atoms with Gasteiger partial charge in [0.15, 0.2) is 5.78 Å². The zero-order chi connectivity index (χ0) is 8.93. The van der Waals surface area contributed by atoms with E-state index in [0.29, 0.717) is 0 Å². The van der Waals surface area contributed by atoms with Crippen molar-refractivity contribution in [1.82, 2.24) is 0 Å². The van der Waals surface area contributed by atoms with Crippen molar-refractivity contribution in [2.45, 2.75) is 20.8 Å². The van der Waals surface area contributed by atoms with E-state index in [1.807, 2.05) is 18.2 Å². The third kappa shape index (κ3) is 0.826. The Morgan fingerprint density at radius 2 is 1.83 bits per heavy atom. The zero-order valence-corrected chi connectivity index (χ0v) is 7.64. The van der Waals surface area contributed by atoms with Crippen molar-refractivity contribution in [3.05, 3.63) is 34.9 Å². The molecule has 0 atom stereocenters. The van der Waals surface area contributed by atoms with Gasteiger partial charge in [-0.25, -0.2) is 0 Å². The summed E-state index contributed by atoms with van der Waals surface area (Å²) in [7, 11) is 0. The van der Waals surface area contributed by atoms with E-state index in [4.69, 9.17) is 0 Å². The van der Waals surface area contributed by atoms with E-state index in [1.54, 1.807) is 0 Å². The fraction of sp³-hybridized carbons (Fsp3) is 0.364. The van der Waals surface area contributed by atoms with Gasteiger partial charge in [-0.2, -0.15) is 0 Å². The van der Waals surface area contributed by atoms with E-state index in [9.17, 15) is 4.79 Å². The third-order valence-electron chi connectivity index (χ3n) is 2.33. The summed E-state index contributed by atoms with van der Waals surface area (Å²) in [5.41, 5.74) is 3.04. The number of hydrogen-bond acceptors (Lipinski definition) is 1. The summed E-state index contributed by atoms with van der Waals surface area (Å²) < 4.78 is 0. The van der Waals surface area contributed by atoms with Gasteiger partial charge in [0.2, 0.25) is 0 Å². The van der Waals surface area contributed by atoms with Crippen LogP contribution < -0.4 is 0 Å². The average molecular weight is 160 g/mol. The van der Waals surface area contributed by atoms with Gasteiger partial charge in [0.25, 0.3) is 0 Å². The molecule has 0 spiro atoms. The molecule has 0 fully saturated rings. The monoisotopic (exact) mass is 160 g/mol. The molecule has 0 saturated carbocycles. The first-order chi connectivity index (χ1) is 5.50. The number of ketones is 1. The lowest BCUT2D eigenvalue weighted by molar-refractivity contribution is -0.111. The standard InChI is InChI=1S/C11H12O/c1-11(2,3)9-6-7-4-5-8(9)10(7)12/h4-6H,1-3H3. The van der Waals surface area contributed by atoms with Crippen molar-refractivity contribution >= 4 is 5.78 Å². The van der Waals surface area contributed by atoms with Crippen LogP contribution in [0.4, 0.5) is 0 Å². The number of carbonyl (C=O) groups excluding carboxylic acids is 1. The zero-order valence-electron chi connectivity index (χ0n) is 7.64. The molecule has 1 nitrogen and oxygen atoms in total. The van der Waals surface area contributed by atoms with Crippen LogP contribution in [0.1, 0.15) is 20.8 Å². The maximum Gasteiger partial charge on any atom is 0.193 e. The topological polar surface area (TPSA) is 17.1 Å². The number of fused-ring (bicyclic) bond motifs is 2. The van der Waals surface area contributed by atoms with Crippen molar-refractivity contribution in [3.63, 3.8) is 0 Å². The van der Waals surface area contributed by atoms with Crippen LogP contribution in [0.15, 0.2) is 34.9 Å². The van der Waals surface area contributed by atoms with Gasteiger partial charge in [-0.1, -0.05) is 32.9 Å². The minimum Gasteiger partial charge on any atom is -0.289 e. The number of hydrogen-bond donors (Lipinski definition) is 0. The average Bonchev–Trinajstić information content (AvgIpc) is 2.45. The molecule has 1 heteroatoms. The molecular weight excluding hydrogens is 148 g/mol. The lowest BCUT2D eigenvalue weighted by atomic mass is 9.84. The van der Waals surface area contributed by atoms with E-state index in [2.05, 4.69) is 20.8 Å². The van der Waals surface area contributed by atoms with E-state index < -0.39 is 0 Å². The van der Waals surface area contributed by atoms with Gasteiger partial charge in [0.05, 0.1) is 0 Å². The number of allylic oxidation sites excluding steroid dienone is 6. The van der Waals surface area contributed by atoms with Gasteiger partial charge in [-0.3, -0.25) is 4.79 Å². The Labute approximate surface area is 72.5 Å². The summed E-state index contributed by atoms with van der Waals surface area (Å²) in [4.78, 5) is 11.4. The highest BCUT2D eigenvalue weighted by molar-refractivity contribution is 6.19. The Balaban J connectivity index is 2.56. The fourth-order valence-corrected chi connectivity index (χ4v) is 1.66. The Morgan fingerprint density at radius 1 is 1.17 bits per heavy atom. The summed E-state index contributed by atoms with van der Waals surface area (Å²) in [6.07, 6.45) is 5.84. The Bertz CT molecular complexity index is 346. The Morgan fingerprint density at radius 3 is 2.08 bits per heavy atom. The van der Waals surface area contributed by atoms with Crippen LogP contribution in [0.3, 0.4) is 0 Å². The summed E-state index contributed by atoms with van der Waals surface area (Å²) in [5.74, 6) is 0.208. The van der Waals surface area contributed by atoms with Crippen LogP contribution in [-0.2, 0) is 4.79 Å². The second kappa shape index (κ2) is 1.98.